The Morgan fingerprint density at radius 3 is 2.67 bits per heavy atom. The van der Waals surface area contributed by atoms with Crippen LogP contribution in [-0.4, -0.2) is 46.1 Å². The number of amides is 1. The van der Waals surface area contributed by atoms with Crippen LogP contribution in [0.4, 0.5) is 0 Å². The number of likely N-dealkylation sites (tertiary alicyclic amines) is 1. The van der Waals surface area contributed by atoms with E-state index in [1.807, 2.05) is 4.90 Å². The molecule has 116 valence electrons. The molecule has 5 nitrogen and oxygen atoms in total. The maximum Gasteiger partial charge on any atom is 0.267 e. The Bertz CT molecular complexity index is 490. The lowest BCUT2D eigenvalue weighted by atomic mass is 10.0. The highest BCUT2D eigenvalue weighted by Crippen LogP contribution is 2.28. The molecule has 1 aliphatic heterocycles. The summed E-state index contributed by atoms with van der Waals surface area (Å²) in [5.74, 6) is 1.29. The molecule has 1 aromatic heterocycles. The number of rotatable bonds is 5. The fourth-order valence-corrected chi connectivity index (χ4v) is 3.60. The Labute approximate surface area is 130 Å². The van der Waals surface area contributed by atoms with Gasteiger partial charge >= 0.3 is 0 Å². The van der Waals surface area contributed by atoms with Gasteiger partial charge in [-0.05, 0) is 55.6 Å². The highest BCUT2D eigenvalue weighted by Gasteiger charge is 2.28. The number of piperidine rings is 1. The zero-order chi connectivity index (χ0) is 14.8. The third-order valence-corrected chi connectivity index (χ3v) is 5.16. The zero-order valence-corrected chi connectivity index (χ0v) is 13.7. The van der Waals surface area contributed by atoms with Gasteiger partial charge in [0.2, 0.25) is 0 Å². The van der Waals surface area contributed by atoms with Crippen LogP contribution in [-0.2, 0) is 0 Å². The van der Waals surface area contributed by atoms with E-state index < -0.39 is 0 Å². The normalized spacial score (nSPS) is 20.2. The SMILES string of the molecule is CC(C)c1nnsc1C(=O)N1CCC(NCC2CC2)CC1. The summed E-state index contributed by atoms with van der Waals surface area (Å²) in [5, 5.41) is 7.76. The van der Waals surface area contributed by atoms with Gasteiger partial charge in [-0.3, -0.25) is 4.79 Å². The lowest BCUT2D eigenvalue weighted by Gasteiger charge is -2.32. The highest BCUT2D eigenvalue weighted by molar-refractivity contribution is 7.08. The first-order valence-corrected chi connectivity index (χ1v) is 8.77. The van der Waals surface area contributed by atoms with Crippen molar-refractivity contribution in [2.24, 2.45) is 5.92 Å². The molecule has 0 atom stereocenters. The van der Waals surface area contributed by atoms with Crippen molar-refractivity contribution in [2.45, 2.75) is 51.5 Å². The second-order valence-corrected chi connectivity index (χ2v) is 7.31. The summed E-state index contributed by atoms with van der Waals surface area (Å²) in [7, 11) is 0. The fraction of sp³-hybridized carbons (Fsp3) is 0.800. The van der Waals surface area contributed by atoms with Crippen molar-refractivity contribution in [1.82, 2.24) is 19.8 Å². The van der Waals surface area contributed by atoms with Crippen LogP contribution in [0.15, 0.2) is 0 Å². The molecule has 0 bridgehead atoms. The summed E-state index contributed by atoms with van der Waals surface area (Å²) < 4.78 is 3.96. The van der Waals surface area contributed by atoms with Gasteiger partial charge < -0.3 is 10.2 Å². The Kier molecular flexibility index (Phi) is 4.54. The molecule has 2 aliphatic rings. The van der Waals surface area contributed by atoms with E-state index in [9.17, 15) is 4.79 Å². The molecular formula is C15H24N4OS. The van der Waals surface area contributed by atoms with E-state index in [4.69, 9.17) is 0 Å². The Balaban J connectivity index is 1.53. The minimum absolute atomic E-state index is 0.120. The summed E-state index contributed by atoms with van der Waals surface area (Å²) in [6.07, 6.45) is 4.89. The summed E-state index contributed by atoms with van der Waals surface area (Å²) >= 11 is 1.23. The lowest BCUT2D eigenvalue weighted by Crippen LogP contribution is -2.45. The van der Waals surface area contributed by atoms with E-state index in [-0.39, 0.29) is 11.8 Å². The number of nitrogens with one attached hydrogen (secondary N) is 1. The van der Waals surface area contributed by atoms with E-state index in [1.54, 1.807) is 0 Å². The smallest absolute Gasteiger partial charge is 0.267 e. The van der Waals surface area contributed by atoms with Crippen LogP contribution in [0.5, 0.6) is 0 Å². The Morgan fingerprint density at radius 1 is 1.33 bits per heavy atom. The van der Waals surface area contributed by atoms with E-state index in [0.717, 1.165) is 49.0 Å². The molecule has 1 saturated heterocycles. The van der Waals surface area contributed by atoms with Gasteiger partial charge in [-0.25, -0.2) is 0 Å². The van der Waals surface area contributed by atoms with Gasteiger partial charge in [-0.2, -0.15) is 0 Å². The fourth-order valence-electron chi connectivity index (χ4n) is 2.81. The standard InChI is InChI=1S/C15H24N4OS/c1-10(2)13-14(21-18-17-13)15(20)19-7-5-12(6-8-19)16-9-11-3-4-11/h10-12,16H,3-9H2,1-2H3. The quantitative estimate of drug-likeness (QED) is 0.906. The highest BCUT2D eigenvalue weighted by atomic mass is 32.1. The van der Waals surface area contributed by atoms with Crippen molar-refractivity contribution in [1.29, 1.82) is 0 Å². The third-order valence-electron chi connectivity index (χ3n) is 4.43. The molecule has 21 heavy (non-hydrogen) atoms. The van der Waals surface area contributed by atoms with Gasteiger partial charge in [0, 0.05) is 19.1 Å². The Morgan fingerprint density at radius 2 is 2.05 bits per heavy atom. The van der Waals surface area contributed by atoms with E-state index in [0.29, 0.717) is 6.04 Å². The number of hydrogen-bond donors (Lipinski definition) is 1. The van der Waals surface area contributed by atoms with Crippen LogP contribution in [0.2, 0.25) is 0 Å². The molecule has 1 aliphatic carbocycles. The molecule has 2 fully saturated rings. The molecule has 1 amide bonds. The topological polar surface area (TPSA) is 58.1 Å². The number of carbonyl (C=O) groups is 1. The van der Waals surface area contributed by atoms with Gasteiger partial charge in [-0.15, -0.1) is 5.10 Å². The molecule has 0 radical (unpaired) electrons. The van der Waals surface area contributed by atoms with Crippen LogP contribution in [0.1, 0.15) is 60.8 Å². The molecule has 1 saturated carbocycles. The maximum absolute atomic E-state index is 12.6. The first kappa shape index (κ1) is 14.9. The monoisotopic (exact) mass is 308 g/mol. The van der Waals surface area contributed by atoms with E-state index >= 15 is 0 Å². The van der Waals surface area contributed by atoms with Crippen molar-refractivity contribution in [2.75, 3.05) is 19.6 Å². The van der Waals surface area contributed by atoms with Crippen LogP contribution >= 0.6 is 11.5 Å². The predicted octanol–water partition coefficient (Wildman–Crippen LogP) is 2.27. The molecule has 0 aromatic carbocycles. The van der Waals surface area contributed by atoms with Crippen molar-refractivity contribution in [3.05, 3.63) is 10.6 Å². The zero-order valence-electron chi connectivity index (χ0n) is 12.8. The van der Waals surface area contributed by atoms with Crippen molar-refractivity contribution in [3.63, 3.8) is 0 Å². The first-order chi connectivity index (χ1) is 10.1. The van der Waals surface area contributed by atoms with Gasteiger partial charge in [0.05, 0.1) is 5.69 Å². The number of aromatic nitrogens is 2. The molecule has 6 heteroatoms. The average molecular weight is 308 g/mol. The maximum atomic E-state index is 12.6. The predicted molar refractivity (Wildman–Crippen MR) is 83.7 cm³/mol. The van der Waals surface area contributed by atoms with Gasteiger partial charge in [-0.1, -0.05) is 18.3 Å². The second kappa shape index (κ2) is 6.40. The Hall–Kier alpha value is -1.01. The van der Waals surface area contributed by atoms with Crippen LogP contribution in [0, 0.1) is 5.92 Å². The summed E-state index contributed by atoms with van der Waals surface area (Å²) in [6.45, 7) is 6.96. The van der Waals surface area contributed by atoms with E-state index in [2.05, 4.69) is 28.8 Å². The van der Waals surface area contributed by atoms with Crippen LogP contribution in [0.3, 0.4) is 0 Å². The number of nitrogens with zero attached hydrogens (tertiary/aromatic N) is 3. The first-order valence-electron chi connectivity index (χ1n) is 8.00. The molecule has 0 unspecified atom stereocenters. The molecule has 3 rings (SSSR count). The van der Waals surface area contributed by atoms with Crippen molar-refractivity contribution in [3.8, 4) is 0 Å². The number of hydrogen-bond acceptors (Lipinski definition) is 5. The molecule has 0 spiro atoms. The second-order valence-electron chi connectivity index (χ2n) is 6.56. The van der Waals surface area contributed by atoms with Crippen molar-refractivity contribution < 1.29 is 4.79 Å². The van der Waals surface area contributed by atoms with E-state index in [1.165, 1.54) is 24.4 Å². The summed E-state index contributed by atoms with van der Waals surface area (Å²) in [4.78, 5) is 15.3. The molecule has 1 aromatic rings. The van der Waals surface area contributed by atoms with Gasteiger partial charge in [0.15, 0.2) is 0 Å². The largest absolute Gasteiger partial charge is 0.338 e. The lowest BCUT2D eigenvalue weighted by molar-refractivity contribution is 0.0708. The van der Waals surface area contributed by atoms with Gasteiger partial charge in [0.1, 0.15) is 4.88 Å². The summed E-state index contributed by atoms with van der Waals surface area (Å²) in [5.41, 5.74) is 0.846. The summed E-state index contributed by atoms with van der Waals surface area (Å²) in [6, 6.07) is 0.582. The molecule has 2 heterocycles. The molecular weight excluding hydrogens is 284 g/mol. The third kappa shape index (κ3) is 3.61. The number of carbonyl (C=O) groups excluding carboxylic acids is 1. The van der Waals surface area contributed by atoms with Crippen molar-refractivity contribution >= 4 is 17.4 Å². The molecule has 1 N–H and O–H groups in total. The minimum atomic E-state index is 0.120. The van der Waals surface area contributed by atoms with Crippen LogP contribution in [0.25, 0.3) is 0 Å². The van der Waals surface area contributed by atoms with Crippen LogP contribution < -0.4 is 5.32 Å². The average Bonchev–Trinajstić information content (AvgIpc) is 3.18. The minimum Gasteiger partial charge on any atom is -0.338 e. The van der Waals surface area contributed by atoms with Gasteiger partial charge in [0.25, 0.3) is 5.91 Å².